The average molecular weight is 350 g/mol. The molecule has 1 fully saturated rings. The zero-order valence-corrected chi connectivity index (χ0v) is 15.0. The lowest BCUT2D eigenvalue weighted by Gasteiger charge is -2.39. The summed E-state index contributed by atoms with van der Waals surface area (Å²) in [5, 5.41) is 11.1. The number of hydrogen-bond acceptors (Lipinski definition) is 3. The van der Waals surface area contributed by atoms with E-state index >= 15 is 0 Å². The molecule has 26 heavy (non-hydrogen) atoms. The lowest BCUT2D eigenvalue weighted by atomic mass is 9.93. The summed E-state index contributed by atoms with van der Waals surface area (Å²) in [5.41, 5.74) is 2.04. The highest BCUT2D eigenvalue weighted by Gasteiger charge is 2.32. The number of nitriles is 1. The van der Waals surface area contributed by atoms with Crippen LogP contribution in [0.1, 0.15) is 19.4 Å². The van der Waals surface area contributed by atoms with Crippen molar-refractivity contribution in [2.45, 2.75) is 19.4 Å². The second-order valence-corrected chi connectivity index (χ2v) is 7.10. The van der Waals surface area contributed by atoms with E-state index in [1.54, 1.807) is 7.05 Å². The lowest BCUT2D eigenvalue weighted by Crippen LogP contribution is -2.48. The summed E-state index contributed by atoms with van der Waals surface area (Å²) in [6, 6.07) is 6.30. The number of fused-ring (bicyclic) bond motifs is 3. The number of amides is 2. The fraction of sp³-hybridized carbons (Fsp3) is 0.421. The van der Waals surface area contributed by atoms with Gasteiger partial charge in [0.2, 0.25) is 0 Å². The Bertz CT molecular complexity index is 996. The number of hydrogen-bond donors (Lipinski definition) is 1. The fourth-order valence-corrected chi connectivity index (χ4v) is 3.93. The molecule has 0 spiro atoms. The van der Waals surface area contributed by atoms with Crippen LogP contribution in [0.2, 0.25) is 0 Å². The molecule has 3 aromatic heterocycles. The second kappa shape index (κ2) is 6.37. The molecule has 3 aromatic rings. The van der Waals surface area contributed by atoms with Gasteiger partial charge in [0.25, 0.3) is 0 Å². The zero-order valence-electron chi connectivity index (χ0n) is 15.0. The number of nitrogens with zero attached hydrogens (tertiary/aromatic N) is 5. The van der Waals surface area contributed by atoms with E-state index in [4.69, 9.17) is 5.26 Å². The van der Waals surface area contributed by atoms with Gasteiger partial charge < -0.3 is 19.4 Å². The third-order valence-electron chi connectivity index (χ3n) is 5.44. The van der Waals surface area contributed by atoms with E-state index in [9.17, 15) is 4.79 Å². The van der Waals surface area contributed by atoms with Gasteiger partial charge in [0.1, 0.15) is 12.2 Å². The summed E-state index contributed by atoms with van der Waals surface area (Å²) < 4.78 is 2.29. The third kappa shape index (κ3) is 2.58. The molecule has 7 nitrogen and oxygen atoms in total. The Morgan fingerprint density at radius 1 is 1.50 bits per heavy atom. The van der Waals surface area contributed by atoms with E-state index in [0.717, 1.165) is 34.9 Å². The van der Waals surface area contributed by atoms with Gasteiger partial charge in [-0.1, -0.05) is 6.92 Å². The first-order valence-electron chi connectivity index (χ1n) is 8.89. The molecule has 7 heteroatoms. The number of pyridine rings is 1. The van der Waals surface area contributed by atoms with E-state index in [0.29, 0.717) is 12.5 Å². The molecule has 4 rings (SSSR count). The molecule has 0 unspecified atom stereocenters. The van der Waals surface area contributed by atoms with Gasteiger partial charge in [0.15, 0.2) is 0 Å². The van der Waals surface area contributed by atoms with Gasteiger partial charge >= 0.3 is 6.03 Å². The van der Waals surface area contributed by atoms with Crippen LogP contribution in [0.15, 0.2) is 30.7 Å². The topological polar surface area (TPSA) is 80.9 Å². The number of rotatable bonds is 2. The minimum Gasteiger partial charge on any atom is -0.346 e. The monoisotopic (exact) mass is 350 g/mol. The first-order valence-corrected chi connectivity index (χ1v) is 8.89. The highest BCUT2D eigenvalue weighted by atomic mass is 16.2. The van der Waals surface area contributed by atoms with Crippen LogP contribution in [-0.4, -0.2) is 57.0 Å². The molecule has 0 radical (unpaired) electrons. The van der Waals surface area contributed by atoms with Crippen LogP contribution >= 0.6 is 0 Å². The SMILES string of the molecule is C[C@@H]1CCN(C(=O)N(C)CC#N)C[C@@H]1n1ccc2cnc3[nH]ccc3c21. The van der Waals surface area contributed by atoms with Crippen LogP contribution in [0.5, 0.6) is 0 Å². The normalized spacial score (nSPS) is 20.4. The summed E-state index contributed by atoms with van der Waals surface area (Å²) in [5.74, 6) is 0.457. The molecule has 1 aliphatic heterocycles. The maximum Gasteiger partial charge on any atom is 0.320 e. The summed E-state index contributed by atoms with van der Waals surface area (Å²) in [6.45, 7) is 3.73. The standard InChI is InChI=1S/C19H22N6O/c1-13-4-8-24(19(26)23(2)10-6-20)12-16(13)25-9-5-14-11-22-18-15(17(14)25)3-7-21-18/h3,5,7,9,11,13,16H,4,8,10,12H2,1-2H3,(H,21,22)/t13-,16+/m1/s1. The highest BCUT2D eigenvalue weighted by Crippen LogP contribution is 2.33. The number of piperidine rings is 1. The number of aromatic nitrogens is 3. The molecule has 0 bridgehead atoms. The molecule has 0 saturated carbocycles. The van der Waals surface area contributed by atoms with Crippen molar-refractivity contribution < 1.29 is 4.79 Å². The molecule has 1 saturated heterocycles. The Kier molecular flexibility index (Phi) is 4.03. The van der Waals surface area contributed by atoms with E-state index in [2.05, 4.69) is 39.8 Å². The number of carbonyl (C=O) groups excluding carboxylic acids is 1. The van der Waals surface area contributed by atoms with Crippen LogP contribution in [0.25, 0.3) is 21.9 Å². The van der Waals surface area contributed by atoms with Crippen molar-refractivity contribution in [3.63, 3.8) is 0 Å². The van der Waals surface area contributed by atoms with E-state index in [1.165, 1.54) is 4.90 Å². The van der Waals surface area contributed by atoms with E-state index < -0.39 is 0 Å². The Morgan fingerprint density at radius 3 is 3.15 bits per heavy atom. The maximum atomic E-state index is 12.6. The molecule has 134 valence electrons. The Morgan fingerprint density at radius 2 is 2.35 bits per heavy atom. The first kappa shape index (κ1) is 16.5. The van der Waals surface area contributed by atoms with E-state index in [1.807, 2.05) is 23.4 Å². The molecule has 0 aromatic carbocycles. The Labute approximate surface area is 151 Å². The number of urea groups is 1. The van der Waals surface area contributed by atoms with Crippen molar-refractivity contribution in [1.82, 2.24) is 24.3 Å². The number of aromatic amines is 1. The smallest absolute Gasteiger partial charge is 0.320 e. The maximum absolute atomic E-state index is 12.6. The number of nitrogens with one attached hydrogen (secondary N) is 1. The second-order valence-electron chi connectivity index (χ2n) is 7.10. The van der Waals surface area contributed by atoms with Gasteiger partial charge in [-0.15, -0.1) is 0 Å². The van der Waals surface area contributed by atoms with Crippen LogP contribution in [0, 0.1) is 17.2 Å². The van der Waals surface area contributed by atoms with Gasteiger partial charge in [-0.25, -0.2) is 9.78 Å². The number of carbonyl (C=O) groups is 1. The first-order chi connectivity index (χ1) is 12.6. The number of likely N-dealkylation sites (tertiary alicyclic amines) is 1. The quantitative estimate of drug-likeness (QED) is 0.722. The van der Waals surface area contributed by atoms with Gasteiger partial charge in [0.05, 0.1) is 17.6 Å². The minimum atomic E-state index is -0.0756. The largest absolute Gasteiger partial charge is 0.346 e. The summed E-state index contributed by atoms with van der Waals surface area (Å²) in [7, 11) is 1.68. The highest BCUT2D eigenvalue weighted by molar-refractivity contribution is 6.02. The summed E-state index contributed by atoms with van der Waals surface area (Å²) in [6.07, 6.45) is 6.85. The molecule has 2 atom stereocenters. The van der Waals surface area contributed by atoms with Crippen LogP contribution in [-0.2, 0) is 0 Å². The predicted octanol–water partition coefficient (Wildman–Crippen LogP) is 2.98. The van der Waals surface area contributed by atoms with Crippen LogP contribution in [0.4, 0.5) is 4.79 Å². The Balaban J connectivity index is 1.70. The van der Waals surface area contributed by atoms with Gasteiger partial charge in [-0.3, -0.25) is 0 Å². The average Bonchev–Trinajstić information content (AvgIpc) is 3.27. The molecule has 4 heterocycles. The molecule has 1 N–H and O–H groups in total. The molecular formula is C19H22N6O. The zero-order chi connectivity index (χ0) is 18.3. The van der Waals surface area contributed by atoms with Crippen molar-refractivity contribution >= 4 is 28.0 Å². The van der Waals surface area contributed by atoms with Crippen molar-refractivity contribution in [2.75, 3.05) is 26.7 Å². The lowest BCUT2D eigenvalue weighted by molar-refractivity contribution is 0.121. The minimum absolute atomic E-state index is 0.0756. The van der Waals surface area contributed by atoms with Gasteiger partial charge in [0, 0.05) is 49.5 Å². The molecular weight excluding hydrogens is 328 g/mol. The van der Waals surface area contributed by atoms with Crippen molar-refractivity contribution in [1.29, 1.82) is 5.26 Å². The summed E-state index contributed by atoms with van der Waals surface area (Å²) in [4.78, 5) is 23.6. The number of H-pyrrole nitrogens is 1. The van der Waals surface area contributed by atoms with E-state index in [-0.39, 0.29) is 18.6 Å². The Hall–Kier alpha value is -3.01. The predicted molar refractivity (Wildman–Crippen MR) is 99.6 cm³/mol. The molecule has 2 amide bonds. The summed E-state index contributed by atoms with van der Waals surface area (Å²) >= 11 is 0. The molecule has 1 aliphatic rings. The van der Waals surface area contributed by atoms with Crippen LogP contribution in [0.3, 0.4) is 0 Å². The fourth-order valence-electron chi connectivity index (χ4n) is 3.93. The van der Waals surface area contributed by atoms with Crippen molar-refractivity contribution in [3.05, 3.63) is 30.7 Å². The van der Waals surface area contributed by atoms with Gasteiger partial charge in [-0.2, -0.15) is 5.26 Å². The van der Waals surface area contributed by atoms with Crippen LogP contribution < -0.4 is 0 Å². The van der Waals surface area contributed by atoms with Crippen molar-refractivity contribution in [2.24, 2.45) is 5.92 Å². The van der Waals surface area contributed by atoms with Gasteiger partial charge in [-0.05, 0) is 24.5 Å². The third-order valence-corrected chi connectivity index (χ3v) is 5.44. The molecule has 0 aliphatic carbocycles. The van der Waals surface area contributed by atoms with Crippen molar-refractivity contribution in [3.8, 4) is 6.07 Å².